The maximum atomic E-state index is 12.0. The average molecular weight is 373 g/mol. The normalized spacial score (nSPS) is 10.2. The lowest BCUT2D eigenvalue weighted by Gasteiger charge is -2.12. The molecule has 0 spiro atoms. The molecule has 0 heterocycles. The van der Waals surface area contributed by atoms with E-state index in [2.05, 4.69) is 12.2 Å². The number of nitrogens with one attached hydrogen (secondary N) is 1. The fourth-order valence-electron chi connectivity index (χ4n) is 2.34. The van der Waals surface area contributed by atoms with Crippen LogP contribution in [-0.4, -0.2) is 33.3 Å². The highest BCUT2D eigenvalue weighted by Crippen LogP contribution is 2.28. The molecule has 0 aliphatic rings. The van der Waals surface area contributed by atoms with Crippen molar-refractivity contribution in [3.63, 3.8) is 0 Å². The molecule has 0 aliphatic carbocycles. The number of ether oxygens (including phenoxy) is 4. The summed E-state index contributed by atoms with van der Waals surface area (Å²) < 4.78 is 21.6. The van der Waals surface area contributed by atoms with E-state index in [-0.39, 0.29) is 12.5 Å². The standard InChI is InChI=1S/C21H27NO5/c1-4-5-12-26-19-11-6-16(13-20(19)25-3)14-22-21(23)15-27-18-9-7-17(24-2)8-10-18/h6-11,13H,4-5,12,14-15H2,1-3H3,(H,22,23). The highest BCUT2D eigenvalue weighted by atomic mass is 16.5. The van der Waals surface area contributed by atoms with Gasteiger partial charge in [0.25, 0.3) is 5.91 Å². The molecule has 0 unspecified atom stereocenters. The summed E-state index contributed by atoms with van der Waals surface area (Å²) in [6.07, 6.45) is 2.07. The summed E-state index contributed by atoms with van der Waals surface area (Å²) in [7, 11) is 3.20. The molecular formula is C21H27NO5. The van der Waals surface area contributed by atoms with Gasteiger partial charge in [-0.15, -0.1) is 0 Å². The fourth-order valence-corrected chi connectivity index (χ4v) is 2.34. The molecule has 1 N–H and O–H groups in total. The molecule has 146 valence electrons. The van der Waals surface area contributed by atoms with Crippen molar-refractivity contribution >= 4 is 5.91 Å². The van der Waals surface area contributed by atoms with Crippen molar-refractivity contribution in [1.82, 2.24) is 5.32 Å². The molecule has 0 fully saturated rings. The second kappa shape index (κ2) is 11.0. The molecule has 27 heavy (non-hydrogen) atoms. The lowest BCUT2D eigenvalue weighted by Crippen LogP contribution is -2.28. The number of methoxy groups -OCH3 is 2. The van der Waals surface area contributed by atoms with Crippen LogP contribution in [0.3, 0.4) is 0 Å². The number of unbranched alkanes of at least 4 members (excludes halogenated alkanes) is 1. The quantitative estimate of drug-likeness (QED) is 0.610. The Morgan fingerprint density at radius 3 is 2.33 bits per heavy atom. The van der Waals surface area contributed by atoms with Crippen molar-refractivity contribution in [2.24, 2.45) is 0 Å². The van der Waals surface area contributed by atoms with E-state index in [9.17, 15) is 4.79 Å². The van der Waals surface area contributed by atoms with Crippen molar-refractivity contribution in [1.29, 1.82) is 0 Å². The van der Waals surface area contributed by atoms with E-state index in [1.54, 1.807) is 38.5 Å². The predicted molar refractivity (Wildman–Crippen MR) is 104 cm³/mol. The van der Waals surface area contributed by atoms with Crippen LogP contribution in [0.15, 0.2) is 42.5 Å². The Morgan fingerprint density at radius 2 is 1.67 bits per heavy atom. The maximum Gasteiger partial charge on any atom is 0.258 e. The first-order chi connectivity index (χ1) is 13.2. The van der Waals surface area contributed by atoms with Gasteiger partial charge in [-0.1, -0.05) is 19.4 Å². The molecule has 2 aromatic carbocycles. The van der Waals surface area contributed by atoms with Crippen LogP contribution in [0.2, 0.25) is 0 Å². The summed E-state index contributed by atoms with van der Waals surface area (Å²) in [6.45, 7) is 3.11. The summed E-state index contributed by atoms with van der Waals surface area (Å²) in [5, 5.41) is 2.83. The highest BCUT2D eigenvalue weighted by molar-refractivity contribution is 5.77. The number of carbonyl (C=O) groups excluding carboxylic acids is 1. The maximum absolute atomic E-state index is 12.0. The van der Waals surface area contributed by atoms with Gasteiger partial charge in [0.2, 0.25) is 0 Å². The lowest BCUT2D eigenvalue weighted by atomic mass is 10.2. The van der Waals surface area contributed by atoms with Crippen LogP contribution >= 0.6 is 0 Å². The first-order valence-electron chi connectivity index (χ1n) is 8.99. The van der Waals surface area contributed by atoms with Gasteiger partial charge < -0.3 is 24.3 Å². The van der Waals surface area contributed by atoms with Crippen LogP contribution in [0.25, 0.3) is 0 Å². The zero-order chi connectivity index (χ0) is 19.5. The van der Waals surface area contributed by atoms with E-state index >= 15 is 0 Å². The number of hydrogen-bond acceptors (Lipinski definition) is 5. The van der Waals surface area contributed by atoms with Gasteiger partial charge in [0.05, 0.1) is 20.8 Å². The summed E-state index contributed by atoms with van der Waals surface area (Å²) in [5.41, 5.74) is 0.924. The third-order valence-electron chi connectivity index (χ3n) is 3.90. The zero-order valence-corrected chi connectivity index (χ0v) is 16.1. The van der Waals surface area contributed by atoms with Crippen LogP contribution in [0, 0.1) is 0 Å². The number of carbonyl (C=O) groups is 1. The molecule has 2 rings (SSSR count). The smallest absolute Gasteiger partial charge is 0.258 e. The van der Waals surface area contributed by atoms with Gasteiger partial charge in [0.1, 0.15) is 11.5 Å². The van der Waals surface area contributed by atoms with Gasteiger partial charge in [-0.25, -0.2) is 0 Å². The molecule has 6 nitrogen and oxygen atoms in total. The largest absolute Gasteiger partial charge is 0.497 e. The monoisotopic (exact) mass is 373 g/mol. The Kier molecular flexibility index (Phi) is 8.29. The number of amides is 1. The van der Waals surface area contributed by atoms with Gasteiger partial charge >= 0.3 is 0 Å². The Morgan fingerprint density at radius 1 is 0.926 bits per heavy atom. The average Bonchev–Trinajstić information content (AvgIpc) is 2.71. The molecule has 0 saturated carbocycles. The van der Waals surface area contributed by atoms with Crippen molar-refractivity contribution in [3.05, 3.63) is 48.0 Å². The van der Waals surface area contributed by atoms with Crippen LogP contribution in [0.5, 0.6) is 23.0 Å². The van der Waals surface area contributed by atoms with Crippen molar-refractivity contribution in [2.45, 2.75) is 26.3 Å². The molecule has 1 amide bonds. The summed E-state index contributed by atoms with van der Waals surface area (Å²) in [4.78, 5) is 12.0. The summed E-state index contributed by atoms with van der Waals surface area (Å²) >= 11 is 0. The highest BCUT2D eigenvalue weighted by Gasteiger charge is 2.08. The van der Waals surface area contributed by atoms with Gasteiger partial charge in [-0.05, 0) is 48.4 Å². The van der Waals surface area contributed by atoms with E-state index in [1.165, 1.54) is 0 Å². The second-order valence-corrected chi connectivity index (χ2v) is 5.93. The minimum atomic E-state index is -0.201. The number of rotatable bonds is 11. The van der Waals surface area contributed by atoms with E-state index in [0.29, 0.717) is 30.4 Å². The summed E-state index contributed by atoms with van der Waals surface area (Å²) in [6, 6.07) is 12.7. The van der Waals surface area contributed by atoms with E-state index in [1.807, 2.05) is 18.2 Å². The topological polar surface area (TPSA) is 66.0 Å². The first kappa shape index (κ1) is 20.4. The van der Waals surface area contributed by atoms with Crippen molar-refractivity contribution in [3.8, 4) is 23.0 Å². The fraction of sp³-hybridized carbons (Fsp3) is 0.381. The molecule has 2 aromatic rings. The summed E-state index contributed by atoms with van der Waals surface area (Å²) in [5.74, 6) is 2.52. The number of hydrogen-bond donors (Lipinski definition) is 1. The molecule has 6 heteroatoms. The molecule has 0 aromatic heterocycles. The molecule has 0 saturated heterocycles. The predicted octanol–water partition coefficient (Wildman–Crippen LogP) is 3.58. The number of benzene rings is 2. The van der Waals surface area contributed by atoms with Gasteiger partial charge in [0.15, 0.2) is 18.1 Å². The van der Waals surface area contributed by atoms with Gasteiger partial charge in [-0.3, -0.25) is 4.79 Å². The molecule has 0 bridgehead atoms. The van der Waals surface area contributed by atoms with Crippen LogP contribution in [-0.2, 0) is 11.3 Å². The zero-order valence-electron chi connectivity index (χ0n) is 16.1. The van der Waals surface area contributed by atoms with E-state index in [4.69, 9.17) is 18.9 Å². The van der Waals surface area contributed by atoms with Crippen LogP contribution in [0.4, 0.5) is 0 Å². The Hall–Kier alpha value is -2.89. The Balaban J connectivity index is 1.81. The first-order valence-corrected chi connectivity index (χ1v) is 8.99. The van der Waals surface area contributed by atoms with E-state index < -0.39 is 0 Å². The Labute approximate surface area is 160 Å². The molecular weight excluding hydrogens is 346 g/mol. The SMILES string of the molecule is CCCCOc1ccc(CNC(=O)COc2ccc(OC)cc2)cc1OC. The minimum Gasteiger partial charge on any atom is -0.497 e. The molecule has 0 radical (unpaired) electrons. The van der Waals surface area contributed by atoms with Crippen LogP contribution in [0.1, 0.15) is 25.3 Å². The minimum absolute atomic E-state index is 0.0539. The Bertz CT molecular complexity index is 715. The van der Waals surface area contributed by atoms with Crippen molar-refractivity contribution in [2.75, 3.05) is 27.4 Å². The van der Waals surface area contributed by atoms with E-state index in [0.717, 1.165) is 24.2 Å². The van der Waals surface area contributed by atoms with Crippen LogP contribution < -0.4 is 24.3 Å². The second-order valence-electron chi connectivity index (χ2n) is 5.93. The third kappa shape index (κ3) is 6.73. The van der Waals surface area contributed by atoms with Crippen molar-refractivity contribution < 1.29 is 23.7 Å². The molecule has 0 atom stereocenters. The van der Waals surface area contributed by atoms with Gasteiger partial charge in [0, 0.05) is 6.54 Å². The molecule has 0 aliphatic heterocycles. The van der Waals surface area contributed by atoms with Gasteiger partial charge in [-0.2, -0.15) is 0 Å². The lowest BCUT2D eigenvalue weighted by molar-refractivity contribution is -0.123. The third-order valence-corrected chi connectivity index (χ3v) is 3.90.